The highest BCUT2D eigenvalue weighted by Gasteiger charge is 2.39. The second-order valence-corrected chi connectivity index (χ2v) is 6.69. The molecule has 3 aliphatic rings. The maximum Gasteiger partial charge on any atom is 0.0382 e. The van der Waals surface area contributed by atoms with Gasteiger partial charge in [0.2, 0.25) is 0 Å². The number of nitrogens with zero attached hydrogens (tertiary/aromatic N) is 1. The lowest BCUT2D eigenvalue weighted by atomic mass is 9.74. The van der Waals surface area contributed by atoms with E-state index in [1.165, 1.54) is 37.2 Å². The quantitative estimate of drug-likeness (QED) is 0.879. The molecule has 0 unspecified atom stereocenters. The van der Waals surface area contributed by atoms with Gasteiger partial charge < -0.3 is 5.32 Å². The molecule has 2 nitrogen and oxygen atoms in total. The zero-order chi connectivity index (χ0) is 13.7. The van der Waals surface area contributed by atoms with Gasteiger partial charge in [-0.1, -0.05) is 32.1 Å². The zero-order valence-electron chi connectivity index (χ0n) is 12.5. The predicted octanol–water partition coefficient (Wildman–Crippen LogP) is 3.71. The summed E-state index contributed by atoms with van der Waals surface area (Å²) in [6.07, 6.45) is 5.10. The number of anilines is 1. The monoisotopic (exact) mass is 268 g/mol. The Morgan fingerprint density at radius 3 is 3.10 bits per heavy atom. The third-order valence-electron chi connectivity index (χ3n) is 5.17. The molecule has 2 aliphatic heterocycles. The molecule has 0 aromatic heterocycles. The average Bonchev–Trinajstić information content (AvgIpc) is 2.85. The van der Waals surface area contributed by atoms with Crippen LogP contribution in [0.1, 0.15) is 43.7 Å². The number of hydrogen-bond donors (Lipinski definition) is 1. The van der Waals surface area contributed by atoms with Gasteiger partial charge in [0.25, 0.3) is 0 Å². The van der Waals surface area contributed by atoms with Crippen molar-refractivity contribution in [3.05, 3.63) is 35.4 Å². The number of nitrogens with one attached hydrogen (secondary N) is 1. The largest absolute Gasteiger partial charge is 0.384 e. The minimum Gasteiger partial charge on any atom is -0.384 e. The van der Waals surface area contributed by atoms with Crippen LogP contribution in [0.5, 0.6) is 0 Å². The van der Waals surface area contributed by atoms with Crippen LogP contribution in [0.4, 0.5) is 5.69 Å². The van der Waals surface area contributed by atoms with Gasteiger partial charge in [0.15, 0.2) is 0 Å². The maximum absolute atomic E-state index is 3.60. The fourth-order valence-electron chi connectivity index (χ4n) is 4.46. The zero-order valence-corrected chi connectivity index (χ0v) is 12.5. The third-order valence-corrected chi connectivity index (χ3v) is 5.17. The Hall–Kier alpha value is -1.28. The number of fused-ring (bicyclic) bond motifs is 2. The Morgan fingerprint density at radius 2 is 2.25 bits per heavy atom. The molecule has 2 heterocycles. The first-order chi connectivity index (χ1) is 9.78. The highest BCUT2D eigenvalue weighted by molar-refractivity contribution is 5.81. The molecule has 0 saturated carbocycles. The van der Waals surface area contributed by atoms with Gasteiger partial charge in [-0.15, -0.1) is 0 Å². The Bertz CT molecular complexity index is 561. The first-order valence-corrected chi connectivity index (χ1v) is 8.11. The average molecular weight is 268 g/mol. The molecule has 0 fully saturated rings. The van der Waals surface area contributed by atoms with Crippen molar-refractivity contribution in [3.8, 4) is 0 Å². The standard InChI is InChI=1S/C18H24N2/c1-3-7-20-11-12(2)8-15-14-5-4-6-16-18(14)13(10-19-16)9-17(15)20/h4-6,8,12-13,17,19H,3,7,9-11H2,1-2H3/t12-,13-,17-/m1/s1. The Labute approximate surface area is 121 Å². The molecule has 2 heteroatoms. The van der Waals surface area contributed by atoms with Crippen molar-refractivity contribution in [3.63, 3.8) is 0 Å². The highest BCUT2D eigenvalue weighted by atomic mass is 15.2. The van der Waals surface area contributed by atoms with Crippen LogP contribution < -0.4 is 5.32 Å². The lowest BCUT2D eigenvalue weighted by Crippen LogP contribution is -2.45. The van der Waals surface area contributed by atoms with Crippen LogP contribution in [0.2, 0.25) is 0 Å². The minimum absolute atomic E-state index is 0.652. The van der Waals surface area contributed by atoms with E-state index in [4.69, 9.17) is 0 Å². The van der Waals surface area contributed by atoms with E-state index in [0.29, 0.717) is 12.0 Å². The maximum atomic E-state index is 3.60. The molecule has 1 aliphatic carbocycles. The lowest BCUT2D eigenvalue weighted by molar-refractivity contribution is 0.190. The molecule has 106 valence electrons. The van der Waals surface area contributed by atoms with E-state index in [1.54, 1.807) is 11.1 Å². The second-order valence-electron chi connectivity index (χ2n) is 6.69. The molecule has 1 N–H and O–H groups in total. The molecule has 0 bridgehead atoms. The molecule has 0 amide bonds. The van der Waals surface area contributed by atoms with E-state index >= 15 is 0 Å². The molecule has 4 rings (SSSR count). The van der Waals surface area contributed by atoms with Crippen molar-refractivity contribution >= 4 is 11.3 Å². The van der Waals surface area contributed by atoms with Gasteiger partial charge in [-0.05, 0) is 48.1 Å². The van der Waals surface area contributed by atoms with Gasteiger partial charge in [-0.3, -0.25) is 4.90 Å². The molecule has 0 radical (unpaired) electrons. The normalized spacial score (nSPS) is 31.3. The topological polar surface area (TPSA) is 15.3 Å². The number of benzene rings is 1. The van der Waals surface area contributed by atoms with Gasteiger partial charge in [-0.25, -0.2) is 0 Å². The molecular formula is C18H24N2. The van der Waals surface area contributed by atoms with Crippen LogP contribution in [0.3, 0.4) is 0 Å². The fourth-order valence-corrected chi connectivity index (χ4v) is 4.46. The summed E-state index contributed by atoms with van der Waals surface area (Å²) in [5, 5.41) is 3.60. The SMILES string of the molecule is CCCN1C[C@H](C)C=C2c3cccc4c3[C@@H](CN4)C[C@H]21. The Kier molecular flexibility index (Phi) is 2.88. The van der Waals surface area contributed by atoms with E-state index in [2.05, 4.69) is 48.3 Å². The number of rotatable bonds is 2. The fraction of sp³-hybridized carbons (Fsp3) is 0.556. The lowest BCUT2D eigenvalue weighted by Gasteiger charge is -2.43. The Balaban J connectivity index is 1.82. The van der Waals surface area contributed by atoms with Gasteiger partial charge >= 0.3 is 0 Å². The highest BCUT2D eigenvalue weighted by Crippen LogP contribution is 2.48. The van der Waals surface area contributed by atoms with E-state index in [9.17, 15) is 0 Å². The third kappa shape index (κ3) is 1.74. The first-order valence-electron chi connectivity index (χ1n) is 8.11. The summed E-state index contributed by atoms with van der Waals surface area (Å²) in [7, 11) is 0. The molecule has 1 aromatic rings. The van der Waals surface area contributed by atoms with Crippen LogP contribution >= 0.6 is 0 Å². The smallest absolute Gasteiger partial charge is 0.0382 e. The molecule has 20 heavy (non-hydrogen) atoms. The van der Waals surface area contributed by atoms with Crippen LogP contribution in [-0.4, -0.2) is 30.6 Å². The summed E-state index contributed by atoms with van der Waals surface area (Å²) in [6.45, 7) is 8.26. The van der Waals surface area contributed by atoms with Gasteiger partial charge in [-0.2, -0.15) is 0 Å². The van der Waals surface area contributed by atoms with Crippen molar-refractivity contribution in [2.75, 3.05) is 25.0 Å². The van der Waals surface area contributed by atoms with Crippen LogP contribution in [0, 0.1) is 5.92 Å². The van der Waals surface area contributed by atoms with E-state index < -0.39 is 0 Å². The van der Waals surface area contributed by atoms with Gasteiger partial charge in [0, 0.05) is 30.7 Å². The van der Waals surface area contributed by atoms with Crippen LogP contribution in [0.25, 0.3) is 5.57 Å². The summed E-state index contributed by atoms with van der Waals surface area (Å²) in [5.41, 5.74) is 6.11. The molecule has 3 atom stereocenters. The van der Waals surface area contributed by atoms with Crippen molar-refractivity contribution in [1.29, 1.82) is 0 Å². The number of hydrogen-bond acceptors (Lipinski definition) is 2. The van der Waals surface area contributed by atoms with Crippen molar-refractivity contribution in [2.24, 2.45) is 5.92 Å². The van der Waals surface area contributed by atoms with Crippen LogP contribution in [0.15, 0.2) is 24.3 Å². The van der Waals surface area contributed by atoms with E-state index in [1.807, 2.05) is 0 Å². The van der Waals surface area contributed by atoms with Gasteiger partial charge in [0.05, 0.1) is 0 Å². The first kappa shape index (κ1) is 12.5. The summed E-state index contributed by atoms with van der Waals surface area (Å²) >= 11 is 0. The summed E-state index contributed by atoms with van der Waals surface area (Å²) in [5.74, 6) is 1.39. The molecular weight excluding hydrogens is 244 g/mol. The second kappa shape index (κ2) is 4.63. The van der Waals surface area contributed by atoms with Crippen molar-refractivity contribution in [2.45, 2.75) is 38.6 Å². The molecule has 1 aromatic carbocycles. The van der Waals surface area contributed by atoms with E-state index in [-0.39, 0.29) is 0 Å². The van der Waals surface area contributed by atoms with Crippen molar-refractivity contribution in [1.82, 2.24) is 4.90 Å². The van der Waals surface area contributed by atoms with Gasteiger partial charge in [0.1, 0.15) is 0 Å². The summed E-state index contributed by atoms with van der Waals surface area (Å²) in [4.78, 5) is 2.73. The Morgan fingerprint density at radius 1 is 1.35 bits per heavy atom. The van der Waals surface area contributed by atoms with Crippen LogP contribution in [-0.2, 0) is 0 Å². The summed E-state index contributed by atoms with van der Waals surface area (Å²) in [6, 6.07) is 7.46. The van der Waals surface area contributed by atoms with E-state index in [0.717, 1.165) is 12.5 Å². The summed E-state index contributed by atoms with van der Waals surface area (Å²) < 4.78 is 0. The van der Waals surface area contributed by atoms with Crippen molar-refractivity contribution < 1.29 is 0 Å². The minimum atomic E-state index is 0.652. The molecule has 0 spiro atoms. The molecule has 0 saturated heterocycles. The predicted molar refractivity (Wildman–Crippen MR) is 85.1 cm³/mol.